The minimum absolute atomic E-state index is 0.0436. The first-order valence-electron chi connectivity index (χ1n) is 15.8. The number of hydrogen-bond acceptors (Lipinski definition) is 10. The van der Waals surface area contributed by atoms with Gasteiger partial charge in [0.1, 0.15) is 40.7 Å². The van der Waals surface area contributed by atoms with Crippen molar-refractivity contribution in [3.05, 3.63) is 46.5 Å². The number of hydrogen-bond donors (Lipinski definition) is 2. The number of alkyl carbamates (subject to hydrolysis) is 1. The van der Waals surface area contributed by atoms with Crippen LogP contribution in [0, 0.1) is 5.92 Å². The molecule has 0 spiro atoms. The lowest BCUT2D eigenvalue weighted by Crippen LogP contribution is -2.63. The molecule has 0 radical (unpaired) electrons. The lowest BCUT2D eigenvalue weighted by Gasteiger charge is -2.42. The third kappa shape index (κ3) is 7.64. The Hall–Kier alpha value is -3.65. The monoisotopic (exact) mass is 691 g/mol. The van der Waals surface area contributed by atoms with E-state index in [0.717, 1.165) is 11.1 Å². The minimum atomic E-state index is -1.81. The fraction of sp³-hybridized carbons (Fsp3) is 0.588. The lowest BCUT2D eigenvalue weighted by atomic mass is 9.83. The normalized spacial score (nSPS) is 32.5. The van der Waals surface area contributed by atoms with Crippen LogP contribution in [0.5, 0.6) is 5.75 Å². The Labute approximate surface area is 286 Å². The molecule has 14 heteroatoms. The number of halogens is 1. The van der Waals surface area contributed by atoms with Crippen molar-refractivity contribution in [3.8, 4) is 5.75 Å². The summed E-state index contributed by atoms with van der Waals surface area (Å²) in [4.78, 5) is 54.7. The van der Waals surface area contributed by atoms with Crippen molar-refractivity contribution in [2.75, 3.05) is 33.2 Å². The summed E-state index contributed by atoms with van der Waals surface area (Å²) in [5.41, 5.74) is -0.871. The highest BCUT2D eigenvalue weighted by Crippen LogP contribution is 2.49. The Bertz CT molecular complexity index is 1500. The van der Waals surface area contributed by atoms with Crippen LogP contribution in [0.15, 0.2) is 35.9 Å². The van der Waals surface area contributed by atoms with E-state index in [1.54, 1.807) is 45.2 Å². The number of likely N-dealkylation sites (N-methyl/N-ethyl adjacent to an activating group) is 1. The molecule has 2 N–H and O–H groups in total. The summed E-state index contributed by atoms with van der Waals surface area (Å²) in [5.74, 6) is -1.63. The van der Waals surface area contributed by atoms with E-state index in [-0.39, 0.29) is 23.8 Å². The number of anilines is 1. The van der Waals surface area contributed by atoms with Gasteiger partial charge in [0.15, 0.2) is 5.72 Å². The Morgan fingerprint density at radius 3 is 2.56 bits per heavy atom. The molecule has 8 atom stereocenters. The van der Waals surface area contributed by atoms with Crippen LogP contribution in [-0.2, 0) is 39.8 Å². The molecule has 0 aliphatic carbocycles. The van der Waals surface area contributed by atoms with Crippen LogP contribution in [0.3, 0.4) is 0 Å². The molecule has 1 aromatic carbocycles. The first-order valence-corrected chi connectivity index (χ1v) is 16.2. The molecule has 4 bridgehead atoms. The van der Waals surface area contributed by atoms with Crippen LogP contribution in [0.25, 0.3) is 0 Å². The molecular weight excluding hydrogens is 646 g/mol. The number of nitrogens with zero attached hydrogens (tertiary/aromatic N) is 2. The number of amides is 3. The highest BCUT2D eigenvalue weighted by molar-refractivity contribution is 6.35. The van der Waals surface area contributed by atoms with Gasteiger partial charge in [-0.05, 0) is 44.9 Å². The molecule has 2 saturated heterocycles. The number of esters is 1. The number of epoxide rings is 1. The quantitative estimate of drug-likeness (QED) is 0.346. The number of carbonyl (C=O) groups excluding carboxylic acids is 4. The molecule has 3 amide bonds. The van der Waals surface area contributed by atoms with Crippen LogP contribution in [0.1, 0.15) is 53.0 Å². The van der Waals surface area contributed by atoms with Crippen molar-refractivity contribution >= 4 is 41.2 Å². The zero-order valence-corrected chi connectivity index (χ0v) is 29.6. The molecule has 0 saturated carbocycles. The molecule has 3 aliphatic heterocycles. The third-order valence-corrected chi connectivity index (χ3v) is 10.0. The van der Waals surface area contributed by atoms with Crippen molar-refractivity contribution < 1.29 is 48.0 Å². The van der Waals surface area contributed by atoms with Crippen LogP contribution >= 0.6 is 11.6 Å². The Morgan fingerprint density at radius 2 is 1.94 bits per heavy atom. The second-order valence-corrected chi connectivity index (χ2v) is 13.4. The van der Waals surface area contributed by atoms with E-state index in [0.29, 0.717) is 17.9 Å². The van der Waals surface area contributed by atoms with Gasteiger partial charge in [-0.1, -0.05) is 42.3 Å². The molecule has 0 unspecified atom stereocenters. The fourth-order valence-corrected chi connectivity index (χ4v) is 6.59. The van der Waals surface area contributed by atoms with E-state index in [1.807, 2.05) is 13.0 Å². The van der Waals surface area contributed by atoms with E-state index in [1.165, 1.54) is 44.9 Å². The minimum Gasteiger partial charge on any atom is -0.495 e. The molecule has 13 nitrogen and oxygen atoms in total. The Balaban J connectivity index is 1.80. The molecule has 1 aromatic rings. The summed E-state index contributed by atoms with van der Waals surface area (Å²) in [6, 6.07) is 2.63. The summed E-state index contributed by atoms with van der Waals surface area (Å²) >= 11 is 6.71. The van der Waals surface area contributed by atoms with Crippen LogP contribution in [0.2, 0.25) is 5.02 Å². The van der Waals surface area contributed by atoms with Crippen molar-refractivity contribution in [3.63, 3.8) is 0 Å². The van der Waals surface area contributed by atoms with E-state index in [9.17, 15) is 24.3 Å². The Kier molecular flexibility index (Phi) is 11.2. The summed E-state index contributed by atoms with van der Waals surface area (Å²) in [6.07, 6.45) is 1.02. The second-order valence-electron chi connectivity index (χ2n) is 13.0. The summed E-state index contributed by atoms with van der Waals surface area (Å²) in [5, 5.41) is 14.4. The number of fused-ring (bicyclic) bond motifs is 5. The van der Waals surface area contributed by atoms with Crippen molar-refractivity contribution in [2.24, 2.45) is 5.92 Å². The maximum absolute atomic E-state index is 14.0. The molecule has 0 aromatic heterocycles. The van der Waals surface area contributed by atoms with Gasteiger partial charge in [0, 0.05) is 40.5 Å². The molecule has 264 valence electrons. The zero-order chi connectivity index (χ0) is 35.7. The maximum atomic E-state index is 14.0. The van der Waals surface area contributed by atoms with E-state index < -0.39 is 65.7 Å². The fourth-order valence-electron chi connectivity index (χ4n) is 6.27. The molecule has 4 rings (SSSR count). The van der Waals surface area contributed by atoms with Crippen molar-refractivity contribution in [1.29, 1.82) is 0 Å². The SMILES string of the molecule is COc1cc2cc(c1Cl)N(C)C(=O)C[C@H](OC(=O)[C@H](C)N(C)C(C)=O)[C@]1(C)O[C@H]1[C@H](C)[C@@H]1C[C@@](O)(NC(=O)O1)[C@H](OC)C=C/C=C(/C)C2. The second kappa shape index (κ2) is 14.5. The highest BCUT2D eigenvalue weighted by atomic mass is 35.5. The van der Waals surface area contributed by atoms with Gasteiger partial charge in [-0.25, -0.2) is 9.59 Å². The smallest absolute Gasteiger partial charge is 0.409 e. The number of rotatable bonds is 5. The molecular formula is C34H46ClN3O10. The number of ether oxygens (including phenoxy) is 5. The average molecular weight is 692 g/mol. The molecule has 2 fully saturated rings. The van der Waals surface area contributed by atoms with Gasteiger partial charge in [-0.15, -0.1) is 0 Å². The zero-order valence-electron chi connectivity index (χ0n) is 28.9. The lowest BCUT2D eigenvalue weighted by molar-refractivity contribution is -0.161. The highest BCUT2D eigenvalue weighted by Gasteiger charge is 2.64. The number of benzene rings is 1. The maximum Gasteiger partial charge on any atom is 0.409 e. The van der Waals surface area contributed by atoms with E-state index in [2.05, 4.69) is 5.32 Å². The predicted molar refractivity (Wildman–Crippen MR) is 177 cm³/mol. The van der Waals surface area contributed by atoms with Gasteiger partial charge in [-0.2, -0.15) is 0 Å². The van der Waals surface area contributed by atoms with Gasteiger partial charge in [0.25, 0.3) is 0 Å². The summed E-state index contributed by atoms with van der Waals surface area (Å²) in [7, 11) is 5.97. The number of allylic oxidation sites excluding steroid dienone is 3. The largest absolute Gasteiger partial charge is 0.495 e. The standard InChI is InChI=1S/C34H46ClN3O10/c1-18-11-10-12-26(45-9)34(43)17-25(46-32(42)36-34)19(2)30-33(5,48-30)27(47-31(41)20(3)37(6)21(4)39)16-28(40)38(7)23-14-22(13-18)15-24(44-8)29(23)35/h10-12,14-15,19-20,25-27,30,43H,13,16-17H2,1-9H3,(H,36,42)/b12-10?,18-11-/t19-,20+,25+,26-,27+,30+,33+,34+/m1/s1. The van der Waals surface area contributed by atoms with Gasteiger partial charge < -0.3 is 38.6 Å². The average Bonchev–Trinajstić information content (AvgIpc) is 3.73. The van der Waals surface area contributed by atoms with E-state index in [4.69, 9.17) is 35.3 Å². The van der Waals surface area contributed by atoms with E-state index >= 15 is 0 Å². The first-order chi connectivity index (χ1) is 22.4. The first kappa shape index (κ1) is 37.2. The van der Waals surface area contributed by atoms with Crippen LogP contribution in [0.4, 0.5) is 10.5 Å². The number of nitrogens with one attached hydrogen (secondary N) is 1. The molecule has 48 heavy (non-hydrogen) atoms. The number of carbonyl (C=O) groups is 4. The van der Waals surface area contributed by atoms with Crippen LogP contribution in [-0.4, -0.2) is 104 Å². The number of methoxy groups -OCH3 is 2. The topological polar surface area (TPSA) is 156 Å². The summed E-state index contributed by atoms with van der Waals surface area (Å²) in [6.45, 7) is 8.29. The van der Waals surface area contributed by atoms with Crippen LogP contribution < -0.4 is 15.0 Å². The Morgan fingerprint density at radius 1 is 1.25 bits per heavy atom. The molecule has 3 aliphatic rings. The van der Waals surface area contributed by atoms with Gasteiger partial charge in [0.2, 0.25) is 11.8 Å². The third-order valence-electron chi connectivity index (χ3n) is 9.63. The summed E-state index contributed by atoms with van der Waals surface area (Å²) < 4.78 is 28.9. The van der Waals surface area contributed by atoms with Gasteiger partial charge in [-0.3, -0.25) is 14.9 Å². The van der Waals surface area contributed by atoms with Crippen molar-refractivity contribution in [2.45, 2.75) is 95.7 Å². The van der Waals surface area contributed by atoms with Gasteiger partial charge in [0.05, 0.1) is 25.3 Å². The molecule has 3 heterocycles. The van der Waals surface area contributed by atoms with Crippen molar-refractivity contribution in [1.82, 2.24) is 10.2 Å². The number of aliphatic hydroxyl groups is 1. The predicted octanol–water partition coefficient (Wildman–Crippen LogP) is 3.53. The van der Waals surface area contributed by atoms with Gasteiger partial charge >= 0.3 is 12.1 Å².